The van der Waals surface area contributed by atoms with Crippen LogP contribution in [0.3, 0.4) is 0 Å². The first kappa shape index (κ1) is 21.7. The molecule has 154 valence electrons. The minimum Gasteiger partial charge on any atom is -0.480 e. The minimum atomic E-state index is -1.82. The largest absolute Gasteiger partial charge is 0.480 e. The number of carboxylic acid groups (broad SMARTS) is 2. The number of aliphatic hydroxyl groups excluding tert-OH is 1. The molecule has 0 unspecified atom stereocenters. The molecule has 3 atom stereocenters. The fourth-order valence-electron chi connectivity index (χ4n) is 3.01. The maximum absolute atomic E-state index is 12.7. The van der Waals surface area contributed by atoms with E-state index >= 15 is 0 Å². The number of nitrogens with zero attached hydrogens (tertiary/aromatic N) is 1. The first-order valence-electron chi connectivity index (χ1n) is 8.21. The molecule has 2 aliphatic rings. The van der Waals surface area contributed by atoms with Crippen molar-refractivity contribution < 1.29 is 39.3 Å². The van der Waals surface area contributed by atoms with Gasteiger partial charge in [0.2, 0.25) is 18.0 Å². The highest BCUT2D eigenvalue weighted by atomic mass is 32.2. The summed E-state index contributed by atoms with van der Waals surface area (Å²) in [4.78, 5) is 59.1. The molecule has 2 aliphatic heterocycles. The Morgan fingerprint density at radius 2 is 2.07 bits per heavy atom. The molecule has 0 aromatic heterocycles. The van der Waals surface area contributed by atoms with Gasteiger partial charge in [0, 0.05) is 12.2 Å². The number of hydrogen-bond acceptors (Lipinski definition) is 8. The zero-order valence-electron chi connectivity index (χ0n) is 14.6. The normalized spacial score (nSPS) is 24.7. The molecule has 2 rings (SSSR count). The Morgan fingerprint density at radius 3 is 2.61 bits per heavy atom. The number of nitrogens with two attached hydrogens (primary N) is 1. The van der Waals surface area contributed by atoms with Gasteiger partial charge >= 0.3 is 11.9 Å². The van der Waals surface area contributed by atoms with Crippen molar-refractivity contribution >= 4 is 41.9 Å². The predicted molar refractivity (Wildman–Crippen MR) is 94.4 cm³/mol. The molecule has 3 amide bonds. The molecule has 7 N–H and O–H groups in total. The zero-order valence-corrected chi connectivity index (χ0v) is 15.4. The van der Waals surface area contributed by atoms with E-state index in [1.807, 2.05) is 0 Å². The average Bonchev–Trinajstić information content (AvgIpc) is 2.65. The summed E-state index contributed by atoms with van der Waals surface area (Å²) in [5.74, 6) is -3.99. The molecule has 0 aliphatic carbocycles. The third-order valence-corrected chi connectivity index (χ3v) is 5.80. The Balaban J connectivity index is 2.13. The van der Waals surface area contributed by atoms with Crippen molar-refractivity contribution in [3.8, 4) is 0 Å². The van der Waals surface area contributed by atoms with E-state index in [-0.39, 0.29) is 42.7 Å². The number of aliphatic carboxylic acids is 2. The van der Waals surface area contributed by atoms with Gasteiger partial charge in [-0.3, -0.25) is 24.1 Å². The van der Waals surface area contributed by atoms with E-state index in [1.165, 1.54) is 0 Å². The second-order valence-electron chi connectivity index (χ2n) is 6.21. The monoisotopic (exact) mass is 416 g/mol. The fraction of sp³-hybridized carbons (Fsp3) is 0.533. The van der Waals surface area contributed by atoms with Gasteiger partial charge in [-0.25, -0.2) is 4.79 Å². The Hall–Kier alpha value is -2.64. The smallest absolute Gasteiger partial charge is 0.352 e. The summed E-state index contributed by atoms with van der Waals surface area (Å²) < 4.78 is 0. The lowest BCUT2D eigenvalue weighted by Crippen LogP contribution is -2.85. The number of carboxylic acids is 2. The van der Waals surface area contributed by atoms with Crippen LogP contribution in [0.15, 0.2) is 11.3 Å². The lowest BCUT2D eigenvalue weighted by atomic mass is 9.94. The molecule has 13 heteroatoms. The number of carbonyl (C=O) groups is 5. The maximum Gasteiger partial charge on any atom is 0.352 e. The first-order valence-corrected chi connectivity index (χ1v) is 9.26. The van der Waals surface area contributed by atoms with E-state index in [9.17, 15) is 34.2 Å². The standard InChI is InChI=1S/C15H20N4O8S/c16-8(11(23)24)2-1-3-9(22)18-15(17-6-21)13(27)19-10(12(25)26)7(4-20)5-28-14(15)19/h6,8,14,20H,1-5,16H2,(H,17,21)(H,18,22)(H,23,24)(H,25,26)/t8-,14-,15-/m1/s1. The topological polar surface area (TPSA) is 199 Å². The van der Waals surface area contributed by atoms with Crippen molar-refractivity contribution in [1.82, 2.24) is 15.5 Å². The van der Waals surface area contributed by atoms with Crippen molar-refractivity contribution in [2.45, 2.75) is 36.3 Å². The molecular weight excluding hydrogens is 396 g/mol. The summed E-state index contributed by atoms with van der Waals surface area (Å²) in [6.07, 6.45) is 0.265. The summed E-state index contributed by atoms with van der Waals surface area (Å²) in [5.41, 5.74) is 3.31. The van der Waals surface area contributed by atoms with Crippen molar-refractivity contribution in [3.05, 3.63) is 11.3 Å². The van der Waals surface area contributed by atoms with Crippen LogP contribution >= 0.6 is 11.8 Å². The van der Waals surface area contributed by atoms with Gasteiger partial charge in [0.05, 0.1) is 6.61 Å². The van der Waals surface area contributed by atoms with Gasteiger partial charge in [0.15, 0.2) is 0 Å². The molecule has 0 saturated carbocycles. The maximum atomic E-state index is 12.7. The van der Waals surface area contributed by atoms with Gasteiger partial charge in [-0.1, -0.05) is 0 Å². The van der Waals surface area contributed by atoms with Crippen LogP contribution in [0.1, 0.15) is 19.3 Å². The van der Waals surface area contributed by atoms with E-state index < -0.39 is 47.4 Å². The van der Waals surface area contributed by atoms with Crippen LogP contribution in [0, 0.1) is 0 Å². The van der Waals surface area contributed by atoms with Crippen LogP contribution in [0.5, 0.6) is 0 Å². The number of thioether (sulfide) groups is 1. The van der Waals surface area contributed by atoms with Crippen LogP contribution in [0.2, 0.25) is 0 Å². The van der Waals surface area contributed by atoms with Crippen molar-refractivity contribution in [2.24, 2.45) is 5.73 Å². The Morgan fingerprint density at radius 1 is 1.39 bits per heavy atom. The van der Waals surface area contributed by atoms with Crippen LogP contribution < -0.4 is 16.4 Å². The summed E-state index contributed by atoms with van der Waals surface area (Å²) in [7, 11) is 0. The molecular formula is C15H20N4O8S. The van der Waals surface area contributed by atoms with Crippen molar-refractivity contribution in [2.75, 3.05) is 12.4 Å². The van der Waals surface area contributed by atoms with E-state index in [4.69, 9.17) is 10.8 Å². The number of fused-ring (bicyclic) bond motifs is 1. The van der Waals surface area contributed by atoms with E-state index in [0.29, 0.717) is 0 Å². The highest BCUT2D eigenvalue weighted by Gasteiger charge is 2.65. The molecule has 0 spiro atoms. The third-order valence-electron chi connectivity index (χ3n) is 4.41. The molecule has 0 aromatic rings. The number of β-lactam (4-membered cyclic amide) rings is 1. The Kier molecular flexibility index (Phi) is 6.64. The fourth-order valence-corrected chi connectivity index (χ4v) is 4.42. The van der Waals surface area contributed by atoms with Crippen LogP contribution in [0.4, 0.5) is 0 Å². The van der Waals surface area contributed by atoms with Gasteiger partial charge in [0.25, 0.3) is 5.91 Å². The summed E-state index contributed by atoms with van der Waals surface area (Å²) in [6, 6.07) is -1.12. The Labute approximate surface area is 163 Å². The van der Waals surface area contributed by atoms with Crippen LogP contribution in [0.25, 0.3) is 0 Å². The molecule has 2 heterocycles. The number of hydrogen-bond donors (Lipinski definition) is 6. The molecule has 0 radical (unpaired) electrons. The van der Waals surface area contributed by atoms with Gasteiger partial charge in [-0.2, -0.15) is 0 Å². The van der Waals surface area contributed by atoms with E-state index in [0.717, 1.165) is 16.7 Å². The summed E-state index contributed by atoms with van der Waals surface area (Å²) in [5, 5.41) is 31.2. The molecule has 28 heavy (non-hydrogen) atoms. The lowest BCUT2D eigenvalue weighted by Gasteiger charge is -2.56. The van der Waals surface area contributed by atoms with Crippen molar-refractivity contribution in [3.63, 3.8) is 0 Å². The SMILES string of the molecule is N[C@H](CCCC(=O)N[C@]1(NC=O)C(=O)N2C(C(=O)O)=C(CO)CS[C@@H]21)C(=O)O. The highest BCUT2D eigenvalue weighted by Crippen LogP contribution is 2.44. The molecule has 12 nitrogen and oxygen atoms in total. The van der Waals surface area contributed by atoms with Crippen LogP contribution in [-0.4, -0.2) is 79.8 Å². The summed E-state index contributed by atoms with van der Waals surface area (Å²) >= 11 is 1.08. The van der Waals surface area contributed by atoms with E-state index in [1.54, 1.807) is 0 Å². The summed E-state index contributed by atoms with van der Waals surface area (Å²) in [6.45, 7) is -0.546. The van der Waals surface area contributed by atoms with E-state index in [2.05, 4.69) is 10.6 Å². The van der Waals surface area contributed by atoms with Gasteiger partial charge in [-0.15, -0.1) is 11.8 Å². The molecule has 0 bridgehead atoms. The number of carbonyl (C=O) groups excluding carboxylic acids is 3. The number of rotatable bonds is 10. The first-order chi connectivity index (χ1) is 13.2. The molecule has 1 fully saturated rings. The zero-order chi connectivity index (χ0) is 21.1. The van der Waals surface area contributed by atoms with Gasteiger partial charge in [0.1, 0.15) is 17.1 Å². The third kappa shape index (κ3) is 3.81. The number of nitrogens with one attached hydrogen (secondary N) is 2. The molecule has 0 aromatic carbocycles. The highest BCUT2D eigenvalue weighted by molar-refractivity contribution is 8.00. The Bertz CT molecular complexity index is 742. The van der Waals surface area contributed by atoms with Gasteiger partial charge in [-0.05, 0) is 18.4 Å². The van der Waals surface area contributed by atoms with Crippen molar-refractivity contribution in [1.29, 1.82) is 0 Å². The number of aliphatic hydroxyl groups is 1. The van der Waals surface area contributed by atoms with Gasteiger partial charge < -0.3 is 31.7 Å². The lowest BCUT2D eigenvalue weighted by molar-refractivity contribution is -0.162. The quantitative estimate of drug-likeness (QED) is 0.124. The number of amides is 3. The average molecular weight is 416 g/mol. The van der Waals surface area contributed by atoms with Crippen LogP contribution in [-0.2, 0) is 24.0 Å². The second kappa shape index (κ2) is 8.58. The second-order valence-corrected chi connectivity index (χ2v) is 7.28. The minimum absolute atomic E-state index is 0.0425. The molecule has 1 saturated heterocycles. The predicted octanol–water partition coefficient (Wildman–Crippen LogP) is -2.63.